The average molecular weight is 420 g/mol. The lowest BCUT2D eigenvalue weighted by Crippen LogP contribution is -2.45. The summed E-state index contributed by atoms with van der Waals surface area (Å²) in [5.74, 6) is -0.767. The number of carbonyl (C=O) groups excluding carboxylic acids is 1. The highest BCUT2D eigenvalue weighted by molar-refractivity contribution is 9.10. The van der Waals surface area contributed by atoms with E-state index in [1.807, 2.05) is 24.3 Å². The first-order valence-corrected chi connectivity index (χ1v) is 9.64. The number of anilines is 1. The van der Waals surface area contributed by atoms with Crippen molar-refractivity contribution in [1.29, 1.82) is 0 Å². The van der Waals surface area contributed by atoms with Crippen molar-refractivity contribution in [1.82, 2.24) is 9.80 Å². The van der Waals surface area contributed by atoms with Crippen molar-refractivity contribution >= 4 is 27.5 Å². The van der Waals surface area contributed by atoms with Crippen LogP contribution in [0, 0.1) is 5.82 Å². The molecule has 1 aliphatic rings. The highest BCUT2D eigenvalue weighted by Gasteiger charge is 2.15. The monoisotopic (exact) mass is 419 g/mol. The zero-order chi connectivity index (χ0) is 18.5. The van der Waals surface area contributed by atoms with Crippen LogP contribution >= 0.6 is 15.9 Å². The van der Waals surface area contributed by atoms with E-state index in [2.05, 4.69) is 38.0 Å². The maximum atomic E-state index is 13.4. The highest BCUT2D eigenvalue weighted by atomic mass is 79.9. The fraction of sp³-hybridized carbons (Fsp3) is 0.350. The maximum absolute atomic E-state index is 13.4. The van der Waals surface area contributed by atoms with Gasteiger partial charge in [-0.2, -0.15) is 0 Å². The van der Waals surface area contributed by atoms with Crippen molar-refractivity contribution in [3.05, 3.63) is 63.9 Å². The standard InChI is InChI=1S/C20H23BrFN3O/c1-2-24-7-9-25(10-8-24)14-15-3-5-19(6-4-15)23-20(26)16-11-17(21)13-18(22)12-16/h3-6,11-13H,2,7-10,14H2,1H3,(H,23,26). The van der Waals surface area contributed by atoms with Crippen molar-refractivity contribution in [2.24, 2.45) is 0 Å². The van der Waals surface area contributed by atoms with Crippen LogP contribution in [0.15, 0.2) is 46.9 Å². The zero-order valence-corrected chi connectivity index (χ0v) is 16.4. The minimum absolute atomic E-state index is 0.287. The molecule has 1 amide bonds. The quantitative estimate of drug-likeness (QED) is 0.795. The molecular weight excluding hydrogens is 397 g/mol. The molecule has 2 aromatic carbocycles. The number of piperazine rings is 1. The third-order valence-electron chi connectivity index (χ3n) is 4.65. The van der Waals surface area contributed by atoms with Crippen LogP contribution in [-0.2, 0) is 6.54 Å². The number of carbonyl (C=O) groups is 1. The molecular formula is C20H23BrFN3O. The van der Waals surface area contributed by atoms with E-state index in [-0.39, 0.29) is 11.5 Å². The van der Waals surface area contributed by atoms with Gasteiger partial charge in [0.2, 0.25) is 0 Å². The summed E-state index contributed by atoms with van der Waals surface area (Å²) in [6.45, 7) is 8.64. The summed E-state index contributed by atoms with van der Waals surface area (Å²) in [6, 6.07) is 12.0. The second kappa shape index (κ2) is 8.75. The Hall–Kier alpha value is -1.76. The Morgan fingerprint density at radius 2 is 1.73 bits per heavy atom. The molecule has 4 nitrogen and oxygen atoms in total. The van der Waals surface area contributed by atoms with Gasteiger partial charge >= 0.3 is 0 Å². The molecule has 3 rings (SSSR count). The lowest BCUT2D eigenvalue weighted by Gasteiger charge is -2.34. The first-order valence-electron chi connectivity index (χ1n) is 8.84. The number of benzene rings is 2. The van der Waals surface area contributed by atoms with E-state index in [1.165, 1.54) is 17.7 Å². The number of nitrogens with one attached hydrogen (secondary N) is 1. The van der Waals surface area contributed by atoms with Crippen molar-refractivity contribution in [3.63, 3.8) is 0 Å². The number of halogens is 2. The SMILES string of the molecule is CCN1CCN(Cc2ccc(NC(=O)c3cc(F)cc(Br)c3)cc2)CC1. The molecule has 2 aromatic rings. The average Bonchev–Trinajstić information content (AvgIpc) is 2.63. The van der Waals surface area contributed by atoms with E-state index in [0.29, 0.717) is 10.2 Å². The molecule has 0 unspecified atom stereocenters. The molecule has 1 fully saturated rings. The smallest absolute Gasteiger partial charge is 0.255 e. The van der Waals surface area contributed by atoms with Gasteiger partial charge in [-0.05, 0) is 42.4 Å². The molecule has 1 heterocycles. The number of hydrogen-bond acceptors (Lipinski definition) is 3. The Bertz CT molecular complexity index is 738. The molecule has 0 bridgehead atoms. The Labute approximate surface area is 162 Å². The van der Waals surface area contributed by atoms with Crippen molar-refractivity contribution in [2.75, 3.05) is 38.0 Å². The topological polar surface area (TPSA) is 35.6 Å². The molecule has 0 radical (unpaired) electrons. The van der Waals surface area contributed by atoms with Crippen LogP contribution < -0.4 is 5.32 Å². The van der Waals surface area contributed by atoms with E-state index in [9.17, 15) is 9.18 Å². The van der Waals surface area contributed by atoms with Crippen LogP contribution in [-0.4, -0.2) is 48.4 Å². The Morgan fingerprint density at radius 1 is 1.08 bits per heavy atom. The molecule has 26 heavy (non-hydrogen) atoms. The predicted molar refractivity (Wildman–Crippen MR) is 106 cm³/mol. The van der Waals surface area contributed by atoms with Gasteiger partial charge in [-0.15, -0.1) is 0 Å². The molecule has 1 aliphatic heterocycles. The van der Waals surface area contributed by atoms with Crippen molar-refractivity contribution < 1.29 is 9.18 Å². The van der Waals surface area contributed by atoms with Gasteiger partial charge < -0.3 is 10.2 Å². The second-order valence-corrected chi connectivity index (χ2v) is 7.44. The van der Waals surface area contributed by atoms with Crippen LogP contribution in [0.3, 0.4) is 0 Å². The lowest BCUT2D eigenvalue weighted by atomic mass is 10.1. The van der Waals surface area contributed by atoms with Gasteiger partial charge in [0, 0.05) is 48.4 Å². The summed E-state index contributed by atoms with van der Waals surface area (Å²) in [6.07, 6.45) is 0. The van der Waals surface area contributed by atoms with Crippen LogP contribution in [0.5, 0.6) is 0 Å². The number of rotatable bonds is 5. The Kier molecular flexibility index (Phi) is 6.40. The van der Waals surface area contributed by atoms with Crippen LogP contribution in [0.4, 0.5) is 10.1 Å². The lowest BCUT2D eigenvalue weighted by molar-refractivity contribution is 0.102. The van der Waals surface area contributed by atoms with Crippen molar-refractivity contribution in [2.45, 2.75) is 13.5 Å². The van der Waals surface area contributed by atoms with E-state index < -0.39 is 5.82 Å². The molecule has 0 aromatic heterocycles. The number of nitrogens with zero attached hydrogens (tertiary/aromatic N) is 2. The largest absolute Gasteiger partial charge is 0.322 e. The van der Waals surface area contributed by atoms with E-state index in [1.54, 1.807) is 6.07 Å². The summed E-state index contributed by atoms with van der Waals surface area (Å²) >= 11 is 3.20. The normalized spacial score (nSPS) is 15.8. The minimum Gasteiger partial charge on any atom is -0.322 e. The fourth-order valence-corrected chi connectivity index (χ4v) is 3.57. The third kappa shape index (κ3) is 5.13. The molecule has 6 heteroatoms. The Morgan fingerprint density at radius 3 is 2.35 bits per heavy atom. The maximum Gasteiger partial charge on any atom is 0.255 e. The number of amides is 1. The summed E-state index contributed by atoms with van der Waals surface area (Å²) < 4.78 is 14.0. The Balaban J connectivity index is 1.56. The highest BCUT2D eigenvalue weighted by Crippen LogP contribution is 2.17. The number of hydrogen-bond donors (Lipinski definition) is 1. The van der Waals surface area contributed by atoms with E-state index in [0.717, 1.165) is 39.3 Å². The molecule has 138 valence electrons. The third-order valence-corrected chi connectivity index (χ3v) is 5.11. The summed E-state index contributed by atoms with van der Waals surface area (Å²) in [7, 11) is 0. The first kappa shape index (κ1) is 19.0. The minimum atomic E-state index is -0.442. The molecule has 0 saturated carbocycles. The summed E-state index contributed by atoms with van der Waals surface area (Å²) in [4.78, 5) is 17.2. The molecule has 1 saturated heterocycles. The zero-order valence-electron chi connectivity index (χ0n) is 14.8. The van der Waals surface area contributed by atoms with Gasteiger partial charge in [-0.3, -0.25) is 9.69 Å². The van der Waals surface area contributed by atoms with Gasteiger partial charge in [-0.1, -0.05) is 35.0 Å². The molecule has 0 atom stereocenters. The van der Waals surface area contributed by atoms with Gasteiger partial charge in [0.05, 0.1) is 0 Å². The molecule has 0 spiro atoms. The predicted octanol–water partition coefficient (Wildman–Crippen LogP) is 3.98. The van der Waals surface area contributed by atoms with E-state index >= 15 is 0 Å². The van der Waals surface area contributed by atoms with Crippen molar-refractivity contribution in [3.8, 4) is 0 Å². The first-order chi connectivity index (χ1) is 12.5. The molecule has 0 aliphatic carbocycles. The fourth-order valence-electron chi connectivity index (χ4n) is 3.10. The summed E-state index contributed by atoms with van der Waals surface area (Å²) in [5.41, 5.74) is 2.21. The van der Waals surface area contributed by atoms with Gasteiger partial charge in [0.15, 0.2) is 0 Å². The van der Waals surface area contributed by atoms with E-state index in [4.69, 9.17) is 0 Å². The van der Waals surface area contributed by atoms with Gasteiger partial charge in [-0.25, -0.2) is 4.39 Å². The van der Waals surface area contributed by atoms with Crippen LogP contribution in [0.1, 0.15) is 22.8 Å². The summed E-state index contributed by atoms with van der Waals surface area (Å²) in [5, 5.41) is 2.81. The van der Waals surface area contributed by atoms with Crippen LogP contribution in [0.25, 0.3) is 0 Å². The van der Waals surface area contributed by atoms with Crippen LogP contribution in [0.2, 0.25) is 0 Å². The van der Waals surface area contributed by atoms with Gasteiger partial charge in [0.25, 0.3) is 5.91 Å². The molecule has 1 N–H and O–H groups in total. The second-order valence-electron chi connectivity index (χ2n) is 6.52. The number of likely N-dealkylation sites (N-methyl/N-ethyl adjacent to an activating group) is 1. The van der Waals surface area contributed by atoms with Gasteiger partial charge in [0.1, 0.15) is 5.82 Å².